The fourth-order valence-corrected chi connectivity index (χ4v) is 7.34. The number of ether oxygens (including phenoxy) is 1. The van der Waals surface area contributed by atoms with Gasteiger partial charge in [0.15, 0.2) is 0 Å². The molecule has 0 bridgehead atoms. The molecule has 1 aromatic heterocycles. The lowest BCUT2D eigenvalue weighted by molar-refractivity contribution is -0.114. The number of rotatable bonds is 11. The molecule has 0 aliphatic heterocycles. The maximum Gasteiger partial charge on any atom is 0.341 e. The number of thiophene rings is 1. The summed E-state index contributed by atoms with van der Waals surface area (Å²) in [6, 6.07) is 23.5. The largest absolute Gasteiger partial charge is 0.462 e. The van der Waals surface area contributed by atoms with Gasteiger partial charge in [0.1, 0.15) is 10.7 Å². The summed E-state index contributed by atoms with van der Waals surface area (Å²) in [7, 11) is 0. The summed E-state index contributed by atoms with van der Waals surface area (Å²) in [5.41, 5.74) is 4.32. The van der Waals surface area contributed by atoms with Crippen LogP contribution in [0.4, 0.5) is 10.7 Å². The molecule has 1 heterocycles. The van der Waals surface area contributed by atoms with Crippen LogP contribution >= 0.6 is 23.1 Å². The minimum absolute atomic E-state index is 0.0913. The van der Waals surface area contributed by atoms with Gasteiger partial charge in [-0.15, -0.1) is 23.1 Å². The number of fused-ring (bicyclic) bond motifs is 1. The topological polar surface area (TPSA) is 114 Å². The molecule has 3 N–H and O–H groups in total. The van der Waals surface area contributed by atoms with Crippen LogP contribution in [0.2, 0.25) is 0 Å². The highest BCUT2D eigenvalue weighted by Crippen LogP contribution is 2.38. The van der Waals surface area contributed by atoms with Gasteiger partial charge in [-0.3, -0.25) is 14.4 Å². The third-order valence-corrected chi connectivity index (χ3v) is 9.70. The fraction of sp³-hybridized carbons (Fsp3) is 0.243. The van der Waals surface area contributed by atoms with Crippen LogP contribution in [0.5, 0.6) is 0 Å². The summed E-state index contributed by atoms with van der Waals surface area (Å²) < 4.78 is 5.34. The van der Waals surface area contributed by atoms with E-state index in [0.29, 0.717) is 21.8 Å². The minimum atomic E-state index is -0.486. The monoisotopic (exact) mass is 667 g/mol. The molecular formula is C37H37N3O5S2. The lowest BCUT2D eigenvalue weighted by atomic mass is 10.1. The first-order valence-corrected chi connectivity index (χ1v) is 17.4. The normalized spacial score (nSPS) is 12.8. The Bertz CT molecular complexity index is 1800. The second-order valence-electron chi connectivity index (χ2n) is 11.1. The number of carbonyl (C=O) groups is 4. The zero-order chi connectivity index (χ0) is 33.2. The minimum Gasteiger partial charge on any atom is -0.462 e. The summed E-state index contributed by atoms with van der Waals surface area (Å²) in [4.78, 5) is 54.3. The van der Waals surface area contributed by atoms with Gasteiger partial charge in [-0.2, -0.15) is 0 Å². The summed E-state index contributed by atoms with van der Waals surface area (Å²) in [5, 5.41) is 9.15. The first-order valence-electron chi connectivity index (χ1n) is 15.6. The lowest BCUT2D eigenvalue weighted by Gasteiger charge is -2.12. The summed E-state index contributed by atoms with van der Waals surface area (Å²) in [6.07, 6.45) is 6.53. The van der Waals surface area contributed by atoms with E-state index in [9.17, 15) is 19.2 Å². The van der Waals surface area contributed by atoms with Crippen molar-refractivity contribution >= 4 is 63.6 Å². The van der Waals surface area contributed by atoms with Crippen molar-refractivity contribution in [2.75, 3.05) is 23.0 Å². The first kappa shape index (κ1) is 33.7. The highest BCUT2D eigenvalue weighted by atomic mass is 32.2. The zero-order valence-corrected chi connectivity index (χ0v) is 28.0. The molecular weight excluding hydrogens is 631 g/mol. The smallest absolute Gasteiger partial charge is 0.341 e. The Kier molecular flexibility index (Phi) is 11.6. The second kappa shape index (κ2) is 16.2. The van der Waals surface area contributed by atoms with Crippen LogP contribution in [0.25, 0.3) is 6.08 Å². The van der Waals surface area contributed by atoms with Crippen molar-refractivity contribution in [2.24, 2.45) is 0 Å². The molecule has 1 aliphatic rings. The van der Waals surface area contributed by atoms with Gasteiger partial charge in [0, 0.05) is 21.0 Å². The predicted octanol–water partition coefficient (Wildman–Crippen LogP) is 7.64. The molecule has 4 aromatic rings. The van der Waals surface area contributed by atoms with Gasteiger partial charge in [-0.05, 0) is 87.1 Å². The molecule has 0 atom stereocenters. The lowest BCUT2D eigenvalue weighted by Crippen LogP contribution is -2.30. The van der Waals surface area contributed by atoms with E-state index in [4.69, 9.17) is 4.74 Å². The molecule has 3 aromatic carbocycles. The zero-order valence-electron chi connectivity index (χ0n) is 26.4. The third-order valence-electron chi connectivity index (χ3n) is 7.50. The van der Waals surface area contributed by atoms with Gasteiger partial charge >= 0.3 is 5.97 Å². The SMILES string of the molecule is CCOC(=O)c1c(NC(=O)CSc2cccc(NC(=O)/C(=C\c3cccc(C)c3)NC(=O)c3ccccc3)c2)sc2c1CCCCC2. The van der Waals surface area contributed by atoms with Gasteiger partial charge in [0.25, 0.3) is 11.8 Å². The van der Waals surface area contributed by atoms with Crippen molar-refractivity contribution < 1.29 is 23.9 Å². The van der Waals surface area contributed by atoms with Crippen LogP contribution in [0.1, 0.15) is 68.5 Å². The quantitative estimate of drug-likeness (QED) is 0.0656. The van der Waals surface area contributed by atoms with E-state index in [2.05, 4.69) is 16.0 Å². The number of esters is 1. The molecule has 0 saturated carbocycles. The van der Waals surface area contributed by atoms with Crippen LogP contribution in [0.15, 0.2) is 89.5 Å². The van der Waals surface area contributed by atoms with Crippen molar-refractivity contribution in [3.05, 3.63) is 117 Å². The number of nitrogens with one attached hydrogen (secondary N) is 3. The number of benzene rings is 3. The molecule has 0 radical (unpaired) electrons. The van der Waals surface area contributed by atoms with E-state index >= 15 is 0 Å². The number of aryl methyl sites for hydroxylation is 2. The van der Waals surface area contributed by atoms with Gasteiger partial charge in [0.2, 0.25) is 5.91 Å². The maximum atomic E-state index is 13.5. The molecule has 47 heavy (non-hydrogen) atoms. The Morgan fingerprint density at radius 1 is 0.894 bits per heavy atom. The van der Waals surface area contributed by atoms with Gasteiger partial charge in [-0.25, -0.2) is 4.79 Å². The Morgan fingerprint density at radius 2 is 1.68 bits per heavy atom. The Balaban J connectivity index is 1.26. The van der Waals surface area contributed by atoms with E-state index in [0.717, 1.165) is 58.6 Å². The Morgan fingerprint density at radius 3 is 2.47 bits per heavy atom. The highest BCUT2D eigenvalue weighted by molar-refractivity contribution is 8.00. The van der Waals surface area contributed by atoms with E-state index < -0.39 is 17.8 Å². The van der Waals surface area contributed by atoms with Crippen LogP contribution < -0.4 is 16.0 Å². The van der Waals surface area contributed by atoms with Crippen molar-refractivity contribution in [3.8, 4) is 0 Å². The average Bonchev–Trinajstić information content (AvgIpc) is 3.23. The second-order valence-corrected chi connectivity index (χ2v) is 13.3. The number of carbonyl (C=O) groups excluding carboxylic acids is 4. The molecule has 0 fully saturated rings. The number of thioether (sulfide) groups is 1. The van der Waals surface area contributed by atoms with E-state index in [1.807, 2.05) is 43.3 Å². The van der Waals surface area contributed by atoms with Crippen molar-refractivity contribution in [2.45, 2.75) is 50.8 Å². The molecule has 242 valence electrons. The van der Waals surface area contributed by atoms with Crippen molar-refractivity contribution in [1.29, 1.82) is 0 Å². The molecule has 1 aliphatic carbocycles. The number of amides is 3. The van der Waals surface area contributed by atoms with Gasteiger partial charge in [0.05, 0.1) is 17.9 Å². The summed E-state index contributed by atoms with van der Waals surface area (Å²) in [5.74, 6) is -1.41. The van der Waals surface area contributed by atoms with Crippen molar-refractivity contribution in [1.82, 2.24) is 5.32 Å². The van der Waals surface area contributed by atoms with Gasteiger partial charge < -0.3 is 20.7 Å². The van der Waals surface area contributed by atoms with E-state index in [-0.39, 0.29) is 24.0 Å². The average molecular weight is 668 g/mol. The predicted molar refractivity (Wildman–Crippen MR) is 189 cm³/mol. The van der Waals surface area contributed by atoms with Gasteiger partial charge in [-0.1, -0.05) is 60.5 Å². The summed E-state index contributed by atoms with van der Waals surface area (Å²) in [6.45, 7) is 4.00. The third kappa shape index (κ3) is 9.21. The highest BCUT2D eigenvalue weighted by Gasteiger charge is 2.26. The molecule has 0 unspecified atom stereocenters. The summed E-state index contributed by atoms with van der Waals surface area (Å²) >= 11 is 2.78. The number of hydrogen-bond acceptors (Lipinski definition) is 7. The molecule has 3 amide bonds. The van der Waals surface area contributed by atoms with Crippen LogP contribution in [0.3, 0.4) is 0 Å². The molecule has 0 spiro atoms. The molecule has 5 rings (SSSR count). The number of hydrogen-bond donors (Lipinski definition) is 3. The maximum absolute atomic E-state index is 13.5. The van der Waals surface area contributed by atoms with Crippen LogP contribution in [-0.2, 0) is 27.2 Å². The standard InChI is InChI=1S/C37H37N3O5S2/c1-3-45-37(44)33-29-18-8-5-9-19-31(29)47-36(33)40-32(41)23-46-28-17-11-16-27(22-28)38-35(43)30(21-25-13-10-12-24(2)20-25)39-34(42)26-14-6-4-7-15-26/h4,6-7,10-17,20-22H,3,5,8-9,18-19,23H2,1-2H3,(H,38,43)(H,39,42)(H,40,41)/b30-21+. The Labute approximate surface area is 283 Å². The van der Waals surface area contributed by atoms with Crippen LogP contribution in [0, 0.1) is 6.92 Å². The first-order chi connectivity index (χ1) is 22.8. The van der Waals surface area contributed by atoms with E-state index in [1.54, 1.807) is 55.5 Å². The van der Waals surface area contributed by atoms with Crippen LogP contribution in [-0.4, -0.2) is 36.1 Å². The molecule has 0 saturated heterocycles. The molecule has 10 heteroatoms. The van der Waals surface area contributed by atoms with Crippen molar-refractivity contribution in [3.63, 3.8) is 0 Å². The van der Waals surface area contributed by atoms with E-state index in [1.165, 1.54) is 23.1 Å². The fourth-order valence-electron chi connectivity index (χ4n) is 5.29. The Hall–Kier alpha value is -4.67. The molecule has 8 nitrogen and oxygen atoms in total. The number of anilines is 2.